The lowest BCUT2D eigenvalue weighted by Crippen LogP contribution is -2.46. The van der Waals surface area contributed by atoms with Crippen LogP contribution in [0.25, 0.3) is 0 Å². The summed E-state index contributed by atoms with van der Waals surface area (Å²) in [5.74, 6) is 0.616. The second-order valence-electron chi connectivity index (χ2n) is 7.03. The molecule has 1 atom stereocenters. The first-order valence-corrected chi connectivity index (χ1v) is 9.27. The van der Waals surface area contributed by atoms with E-state index in [1.54, 1.807) is 6.07 Å². The zero-order chi connectivity index (χ0) is 17.6. The second-order valence-corrected chi connectivity index (χ2v) is 7.03. The number of nitrogens with one attached hydrogen (secondary N) is 1. The molecule has 1 aliphatic carbocycles. The standard InChI is InChI=1S/C19H27N3O3/c1-25-19(24)14-9-10-17(20-12-14)22-11-5-6-15(13-22)18(23)21-16-7-3-2-4-8-16/h9-10,12,15-16H,2-8,11,13H2,1H3,(H,21,23)/t15-/m0/s1. The van der Waals surface area contributed by atoms with Gasteiger partial charge in [0.15, 0.2) is 0 Å². The zero-order valence-electron chi connectivity index (χ0n) is 14.9. The van der Waals surface area contributed by atoms with Gasteiger partial charge in [-0.05, 0) is 37.8 Å². The Kier molecular flexibility index (Phi) is 5.89. The summed E-state index contributed by atoms with van der Waals surface area (Å²) in [6, 6.07) is 3.90. The molecule has 0 bridgehead atoms. The van der Waals surface area contributed by atoms with E-state index in [4.69, 9.17) is 4.74 Å². The van der Waals surface area contributed by atoms with Gasteiger partial charge in [0.1, 0.15) is 5.82 Å². The van der Waals surface area contributed by atoms with Gasteiger partial charge in [0, 0.05) is 25.3 Å². The van der Waals surface area contributed by atoms with Crippen LogP contribution in [0.1, 0.15) is 55.3 Å². The van der Waals surface area contributed by atoms with Crippen molar-refractivity contribution in [1.82, 2.24) is 10.3 Å². The third-order valence-electron chi connectivity index (χ3n) is 5.24. The smallest absolute Gasteiger partial charge is 0.339 e. The fourth-order valence-electron chi connectivity index (χ4n) is 3.78. The fraction of sp³-hybridized carbons (Fsp3) is 0.632. The molecule has 2 aliphatic rings. The van der Waals surface area contributed by atoms with E-state index in [0.29, 0.717) is 18.2 Å². The van der Waals surface area contributed by atoms with Gasteiger partial charge in [0.25, 0.3) is 0 Å². The number of anilines is 1. The Morgan fingerprint density at radius 3 is 2.64 bits per heavy atom. The van der Waals surface area contributed by atoms with Crippen molar-refractivity contribution < 1.29 is 14.3 Å². The molecule has 6 heteroatoms. The van der Waals surface area contributed by atoms with Gasteiger partial charge in [0.2, 0.25) is 5.91 Å². The highest BCUT2D eigenvalue weighted by molar-refractivity contribution is 5.89. The number of rotatable bonds is 4. The second kappa shape index (κ2) is 8.32. The molecule has 136 valence electrons. The number of nitrogens with zero attached hydrogens (tertiary/aromatic N) is 2. The van der Waals surface area contributed by atoms with E-state index in [0.717, 1.165) is 38.0 Å². The number of pyridine rings is 1. The van der Waals surface area contributed by atoms with Crippen LogP contribution in [0.5, 0.6) is 0 Å². The van der Waals surface area contributed by atoms with E-state index >= 15 is 0 Å². The maximum Gasteiger partial charge on any atom is 0.339 e. The van der Waals surface area contributed by atoms with Gasteiger partial charge in [-0.15, -0.1) is 0 Å². The third kappa shape index (κ3) is 4.50. The SMILES string of the molecule is COC(=O)c1ccc(N2CCC[C@H](C(=O)NC3CCCCC3)C2)nc1. The lowest BCUT2D eigenvalue weighted by Gasteiger charge is -2.34. The maximum absolute atomic E-state index is 12.6. The molecule has 0 radical (unpaired) electrons. The molecule has 25 heavy (non-hydrogen) atoms. The lowest BCUT2D eigenvalue weighted by molar-refractivity contribution is -0.126. The van der Waals surface area contributed by atoms with Gasteiger partial charge in [-0.25, -0.2) is 9.78 Å². The van der Waals surface area contributed by atoms with Crippen LogP contribution in [0.15, 0.2) is 18.3 Å². The molecule has 0 aromatic carbocycles. The number of amides is 1. The van der Waals surface area contributed by atoms with Crippen molar-refractivity contribution in [2.75, 3.05) is 25.1 Å². The summed E-state index contributed by atoms with van der Waals surface area (Å²) < 4.78 is 4.70. The van der Waals surface area contributed by atoms with E-state index in [2.05, 4.69) is 15.2 Å². The molecule has 3 rings (SSSR count). The molecule has 1 saturated heterocycles. The number of carbonyl (C=O) groups is 2. The number of hydrogen-bond donors (Lipinski definition) is 1. The summed E-state index contributed by atoms with van der Waals surface area (Å²) in [7, 11) is 1.36. The number of ether oxygens (including phenoxy) is 1. The quantitative estimate of drug-likeness (QED) is 0.849. The summed E-state index contributed by atoms with van der Waals surface area (Å²) in [5.41, 5.74) is 0.440. The van der Waals surface area contributed by atoms with Gasteiger partial charge < -0.3 is 15.0 Å². The Morgan fingerprint density at radius 2 is 1.96 bits per heavy atom. The Bertz CT molecular complexity index is 596. The molecular formula is C19H27N3O3. The van der Waals surface area contributed by atoms with Crippen LogP contribution in [-0.2, 0) is 9.53 Å². The van der Waals surface area contributed by atoms with E-state index in [1.807, 2.05) is 6.07 Å². The van der Waals surface area contributed by atoms with Crippen LogP contribution in [0.2, 0.25) is 0 Å². The van der Waals surface area contributed by atoms with Crippen LogP contribution in [-0.4, -0.2) is 43.1 Å². The largest absolute Gasteiger partial charge is 0.465 e. The van der Waals surface area contributed by atoms with Crippen molar-refractivity contribution in [3.05, 3.63) is 23.9 Å². The molecule has 0 unspecified atom stereocenters. The van der Waals surface area contributed by atoms with Crippen LogP contribution in [0.4, 0.5) is 5.82 Å². The molecule has 2 heterocycles. The highest BCUT2D eigenvalue weighted by atomic mass is 16.5. The molecular weight excluding hydrogens is 318 g/mol. The van der Waals surface area contributed by atoms with E-state index in [9.17, 15) is 9.59 Å². The molecule has 6 nitrogen and oxygen atoms in total. The minimum Gasteiger partial charge on any atom is -0.465 e. The van der Waals surface area contributed by atoms with Crippen LogP contribution in [0, 0.1) is 5.92 Å². The van der Waals surface area contributed by atoms with Gasteiger partial charge >= 0.3 is 5.97 Å². The number of esters is 1. The summed E-state index contributed by atoms with van der Waals surface area (Å²) in [6.07, 6.45) is 9.38. The van der Waals surface area contributed by atoms with Gasteiger partial charge in [-0.2, -0.15) is 0 Å². The van der Waals surface area contributed by atoms with Crippen molar-refractivity contribution >= 4 is 17.7 Å². The maximum atomic E-state index is 12.6. The number of piperidine rings is 1. The van der Waals surface area contributed by atoms with Gasteiger partial charge in [-0.3, -0.25) is 4.79 Å². The van der Waals surface area contributed by atoms with Crippen LogP contribution in [0.3, 0.4) is 0 Å². The molecule has 2 fully saturated rings. The average molecular weight is 345 g/mol. The summed E-state index contributed by atoms with van der Waals surface area (Å²) in [6.45, 7) is 1.57. The fourth-order valence-corrected chi connectivity index (χ4v) is 3.78. The normalized spacial score (nSPS) is 21.6. The number of aromatic nitrogens is 1. The van der Waals surface area contributed by atoms with Crippen LogP contribution >= 0.6 is 0 Å². The Morgan fingerprint density at radius 1 is 1.16 bits per heavy atom. The predicted octanol–water partition coefficient (Wildman–Crippen LogP) is 2.53. The van der Waals surface area contributed by atoms with E-state index < -0.39 is 0 Å². The van der Waals surface area contributed by atoms with E-state index in [1.165, 1.54) is 32.6 Å². The molecule has 1 saturated carbocycles. The Labute approximate surface area is 148 Å². The van der Waals surface area contributed by atoms with Crippen molar-refractivity contribution in [2.24, 2.45) is 5.92 Å². The molecule has 1 N–H and O–H groups in total. The Hall–Kier alpha value is -2.11. The predicted molar refractivity (Wildman–Crippen MR) is 95.5 cm³/mol. The van der Waals surface area contributed by atoms with Gasteiger partial charge in [-0.1, -0.05) is 19.3 Å². The zero-order valence-corrected chi connectivity index (χ0v) is 14.9. The number of methoxy groups -OCH3 is 1. The number of carbonyl (C=O) groups excluding carboxylic acids is 2. The average Bonchev–Trinajstić information content (AvgIpc) is 2.68. The Balaban J connectivity index is 1.58. The summed E-state index contributed by atoms with van der Waals surface area (Å²) in [5, 5.41) is 3.25. The number of hydrogen-bond acceptors (Lipinski definition) is 5. The first kappa shape index (κ1) is 17.7. The summed E-state index contributed by atoms with van der Waals surface area (Å²) >= 11 is 0. The third-order valence-corrected chi connectivity index (χ3v) is 5.24. The molecule has 1 amide bonds. The van der Waals surface area contributed by atoms with Gasteiger partial charge in [0.05, 0.1) is 18.6 Å². The minimum atomic E-state index is -0.387. The first-order valence-electron chi connectivity index (χ1n) is 9.27. The molecule has 1 aromatic rings. The molecule has 0 spiro atoms. The topological polar surface area (TPSA) is 71.5 Å². The van der Waals surface area contributed by atoms with Crippen LogP contribution < -0.4 is 10.2 Å². The van der Waals surface area contributed by atoms with Crippen molar-refractivity contribution in [3.8, 4) is 0 Å². The molecule has 1 aliphatic heterocycles. The van der Waals surface area contributed by atoms with Crippen molar-refractivity contribution in [3.63, 3.8) is 0 Å². The highest BCUT2D eigenvalue weighted by Crippen LogP contribution is 2.23. The van der Waals surface area contributed by atoms with E-state index in [-0.39, 0.29) is 17.8 Å². The first-order chi connectivity index (χ1) is 12.2. The van der Waals surface area contributed by atoms with Crippen molar-refractivity contribution in [2.45, 2.75) is 51.0 Å². The van der Waals surface area contributed by atoms with Crippen molar-refractivity contribution in [1.29, 1.82) is 0 Å². The highest BCUT2D eigenvalue weighted by Gasteiger charge is 2.28. The molecule has 1 aromatic heterocycles. The lowest BCUT2D eigenvalue weighted by atomic mass is 9.93. The minimum absolute atomic E-state index is 0.0118. The summed E-state index contributed by atoms with van der Waals surface area (Å²) in [4.78, 5) is 30.6. The monoisotopic (exact) mass is 345 g/mol.